The van der Waals surface area contributed by atoms with E-state index in [0.717, 1.165) is 13.1 Å². The third kappa shape index (κ3) is 8.64. The van der Waals surface area contributed by atoms with Crippen LogP contribution in [-0.4, -0.2) is 64.5 Å². The molecule has 0 spiro atoms. The van der Waals surface area contributed by atoms with Gasteiger partial charge in [0.05, 0.1) is 6.10 Å². The van der Waals surface area contributed by atoms with Crippen LogP contribution in [0.2, 0.25) is 0 Å². The molecule has 4 aliphatic carbocycles. The second-order valence-corrected chi connectivity index (χ2v) is 19.2. The number of rotatable bonds is 10. The van der Waals surface area contributed by atoms with Crippen LogP contribution in [0, 0.1) is 28.6 Å². The van der Waals surface area contributed by atoms with E-state index >= 15 is 4.39 Å². The van der Waals surface area contributed by atoms with Crippen molar-refractivity contribution in [2.24, 2.45) is 28.6 Å². The molecule has 0 bridgehead atoms. The van der Waals surface area contributed by atoms with Crippen LogP contribution in [0.4, 0.5) is 4.39 Å². The zero-order chi connectivity index (χ0) is 43.8. The number of hydrogen-bond donors (Lipinski definition) is 1. The topological polar surface area (TPSA) is 110 Å². The number of alkyl halides is 1. The summed E-state index contributed by atoms with van der Waals surface area (Å²) in [5.41, 5.74) is -0.896. The maximum absolute atomic E-state index is 17.4. The van der Waals surface area contributed by atoms with E-state index in [-0.39, 0.29) is 48.8 Å². The first-order valence-electron chi connectivity index (χ1n) is 21.7. The van der Waals surface area contributed by atoms with Gasteiger partial charge < -0.3 is 14.6 Å². The van der Waals surface area contributed by atoms with Crippen molar-refractivity contribution in [2.45, 2.75) is 130 Å². The summed E-state index contributed by atoms with van der Waals surface area (Å²) in [6, 6.07) is 24.3. The molecule has 3 saturated carbocycles. The number of ketones is 2. The number of esters is 2. The number of carbonyl (C=O) groups excluding carboxylic acids is 4. The number of fused-ring (bicyclic) bond motifs is 6. The lowest BCUT2D eigenvalue weighted by atomic mass is 9.44. The van der Waals surface area contributed by atoms with Gasteiger partial charge in [-0.15, -0.1) is 12.4 Å². The van der Waals surface area contributed by atoms with Crippen molar-refractivity contribution >= 4 is 46.7 Å². The molecule has 1 N–H and O–H groups in total. The van der Waals surface area contributed by atoms with E-state index < -0.39 is 64.4 Å². The van der Waals surface area contributed by atoms with Gasteiger partial charge in [0.1, 0.15) is 0 Å². The molecule has 0 aromatic heterocycles. The molecule has 8 nitrogen and oxygen atoms in total. The molecular weight excluding hydrogens is 793 g/mol. The highest BCUT2D eigenvalue weighted by Crippen LogP contribution is 2.71. The van der Waals surface area contributed by atoms with Crippen LogP contribution in [0.25, 0.3) is 10.8 Å². The molecule has 3 aromatic carbocycles. The largest absolute Gasteiger partial charge is 0.457 e. The minimum Gasteiger partial charge on any atom is -0.457 e. The number of nitrogens with zero attached hydrogens (tertiary/aromatic N) is 1. The Labute approximate surface area is 367 Å². The van der Waals surface area contributed by atoms with Crippen molar-refractivity contribution in [1.82, 2.24) is 4.90 Å². The molecule has 0 radical (unpaired) electrons. The number of aliphatic hydroxyl groups is 1. The first-order valence-corrected chi connectivity index (χ1v) is 21.7. The highest BCUT2D eigenvalue weighted by atomic mass is 35.5. The lowest BCUT2D eigenvalue weighted by Gasteiger charge is -2.62. The maximum atomic E-state index is 17.4. The van der Waals surface area contributed by atoms with Crippen molar-refractivity contribution in [3.63, 3.8) is 0 Å². The zero-order valence-electron chi connectivity index (χ0n) is 37.4. The van der Waals surface area contributed by atoms with Crippen molar-refractivity contribution in [3.8, 4) is 0 Å². The molecule has 3 fully saturated rings. The van der Waals surface area contributed by atoms with Gasteiger partial charge in [-0.3, -0.25) is 24.1 Å². The van der Waals surface area contributed by atoms with Crippen LogP contribution < -0.4 is 0 Å². The Kier molecular flexibility index (Phi) is 14.3. The first-order chi connectivity index (χ1) is 28.2. The summed E-state index contributed by atoms with van der Waals surface area (Å²) in [6.45, 7) is 16.8. The fourth-order valence-electron chi connectivity index (χ4n) is 11.2. The molecule has 0 aliphatic heterocycles. The second kappa shape index (κ2) is 18.3. The molecule has 8 atom stereocenters. The Morgan fingerprint density at radius 3 is 2.23 bits per heavy atom. The number of allylic oxidation sites excluding steroid dienone is 4. The van der Waals surface area contributed by atoms with Gasteiger partial charge in [0, 0.05) is 48.6 Å². The Bertz CT molecular complexity index is 2170. The molecular formula is C51H65ClFNO7. The summed E-state index contributed by atoms with van der Waals surface area (Å²) in [5, 5.41) is 14.2. The average molecular weight is 859 g/mol. The van der Waals surface area contributed by atoms with Crippen molar-refractivity contribution in [1.29, 1.82) is 0 Å². The fraction of sp³-hybridized carbons (Fsp3) is 0.529. The number of halogens is 2. The molecule has 7 rings (SSSR count). The van der Waals surface area contributed by atoms with Gasteiger partial charge in [-0.1, -0.05) is 127 Å². The number of hydrogen-bond acceptors (Lipinski definition) is 8. The standard InChI is InChI=1S/C28H37FO7.C23H27N.ClH/c1-6-23(33)35-15-22(32)28(36-24(34)7-2)16(3)12-20-19-9-8-17-13-18(30)10-11-25(17,4)27(19,29)21(31)14-26(20,28)5;1-23(2,3)21-14-12-18(13-15-21)16-24(4)17-20-10-7-9-19-8-5-6-11-22(19)20;/h10-11,13,16,19-21,31H,6-9,12,14-15H2,1-5H3;5-15H,16-17H2,1-4H3;1H/t16-,19-,20-,21-,25-,26-,27-,28-;;/m0../s1. The predicted molar refractivity (Wildman–Crippen MR) is 240 cm³/mol. The Morgan fingerprint density at radius 1 is 0.918 bits per heavy atom. The number of benzene rings is 3. The van der Waals surface area contributed by atoms with Crippen molar-refractivity contribution in [3.05, 3.63) is 107 Å². The van der Waals surface area contributed by atoms with E-state index in [2.05, 4.69) is 99.4 Å². The highest BCUT2D eigenvalue weighted by molar-refractivity contribution is 6.01. The van der Waals surface area contributed by atoms with Crippen molar-refractivity contribution < 1.29 is 38.1 Å². The number of ether oxygens (including phenoxy) is 2. The van der Waals surface area contributed by atoms with Gasteiger partial charge in [0.15, 0.2) is 23.7 Å². The van der Waals surface area contributed by atoms with Crippen LogP contribution in [0.5, 0.6) is 0 Å². The third-order valence-corrected chi connectivity index (χ3v) is 14.4. The van der Waals surface area contributed by atoms with E-state index in [0.29, 0.717) is 24.8 Å². The predicted octanol–water partition coefficient (Wildman–Crippen LogP) is 10.0. The van der Waals surface area contributed by atoms with Gasteiger partial charge in [-0.05, 0) is 90.6 Å². The smallest absolute Gasteiger partial charge is 0.306 e. The normalized spacial score (nSPS) is 30.2. The van der Waals surface area contributed by atoms with Gasteiger partial charge in [0.25, 0.3) is 0 Å². The minimum atomic E-state index is -2.05. The SMILES string of the molecule is CCC(=O)OCC(=O)[C@@]1(OC(=O)CC)[C@@H](C)C[C@H]2[C@@H]3CCC4=CC(=O)C=C[C@]4(C)[C@@]3(F)[C@@H](O)C[C@@]21C.CN(Cc1ccc(C(C)(C)C)cc1)Cc1cccc2ccccc12.Cl. The third-order valence-electron chi connectivity index (χ3n) is 14.4. The van der Waals surface area contributed by atoms with Gasteiger partial charge in [0.2, 0.25) is 5.78 Å². The van der Waals surface area contributed by atoms with Crippen LogP contribution in [0.1, 0.15) is 111 Å². The van der Waals surface area contributed by atoms with Crippen molar-refractivity contribution in [2.75, 3.05) is 13.7 Å². The molecule has 4 aliphatic rings. The second-order valence-electron chi connectivity index (χ2n) is 19.2. The van der Waals surface area contributed by atoms with Gasteiger partial charge in [-0.2, -0.15) is 0 Å². The Balaban J connectivity index is 0.000000245. The summed E-state index contributed by atoms with van der Waals surface area (Å²) in [4.78, 5) is 52.7. The number of carbonyl (C=O) groups is 4. The van der Waals surface area contributed by atoms with E-state index in [1.54, 1.807) is 33.8 Å². The summed E-state index contributed by atoms with van der Waals surface area (Å²) in [7, 11) is 2.19. The minimum absolute atomic E-state index is 0. The lowest BCUT2D eigenvalue weighted by Crippen LogP contribution is -2.70. The summed E-state index contributed by atoms with van der Waals surface area (Å²) >= 11 is 0. The van der Waals surface area contributed by atoms with E-state index in [4.69, 9.17) is 9.47 Å². The quantitative estimate of drug-likeness (QED) is 0.201. The summed E-state index contributed by atoms with van der Waals surface area (Å²) in [6.07, 6.45) is 4.32. The molecule has 0 unspecified atom stereocenters. The molecule has 10 heteroatoms. The monoisotopic (exact) mass is 857 g/mol. The molecule has 3 aromatic rings. The fourth-order valence-corrected chi connectivity index (χ4v) is 11.2. The van der Waals surface area contributed by atoms with Gasteiger partial charge in [-0.25, -0.2) is 4.39 Å². The van der Waals surface area contributed by atoms with Crippen LogP contribution >= 0.6 is 12.4 Å². The highest BCUT2D eigenvalue weighted by Gasteiger charge is 2.77. The van der Waals surface area contributed by atoms with E-state index in [1.165, 1.54) is 39.6 Å². The van der Waals surface area contributed by atoms with E-state index in [1.807, 2.05) is 6.92 Å². The zero-order valence-corrected chi connectivity index (χ0v) is 38.2. The number of aliphatic hydroxyl groups excluding tert-OH is 1. The molecule has 61 heavy (non-hydrogen) atoms. The van der Waals surface area contributed by atoms with E-state index in [9.17, 15) is 24.3 Å². The summed E-state index contributed by atoms with van der Waals surface area (Å²) < 4.78 is 28.5. The maximum Gasteiger partial charge on any atom is 0.306 e. The average Bonchev–Trinajstić information content (AvgIpc) is 3.42. The first kappa shape index (κ1) is 47.9. The van der Waals surface area contributed by atoms with Gasteiger partial charge >= 0.3 is 11.9 Å². The number of Topliss-reactive ketones (excluding diaryl/α,β-unsaturated/α-hetero) is 1. The molecule has 0 saturated heterocycles. The molecule has 0 amide bonds. The lowest BCUT2D eigenvalue weighted by molar-refractivity contribution is -0.228. The van der Waals surface area contributed by atoms with Crippen LogP contribution in [0.15, 0.2) is 90.5 Å². The van der Waals surface area contributed by atoms with Crippen LogP contribution in [0.3, 0.4) is 0 Å². The Hall–Kier alpha value is -4.18. The Morgan fingerprint density at radius 2 is 1.57 bits per heavy atom. The molecule has 0 heterocycles. The summed E-state index contributed by atoms with van der Waals surface area (Å²) in [5.74, 6) is -3.31. The van der Waals surface area contributed by atoms with Crippen LogP contribution in [-0.2, 0) is 47.2 Å². The molecule has 330 valence electrons.